The van der Waals surface area contributed by atoms with Crippen LogP contribution in [0.3, 0.4) is 0 Å². The summed E-state index contributed by atoms with van der Waals surface area (Å²) >= 11 is 1.50. The van der Waals surface area contributed by atoms with Crippen molar-refractivity contribution < 1.29 is 4.79 Å². The van der Waals surface area contributed by atoms with Crippen LogP contribution in [0.5, 0.6) is 0 Å². The average Bonchev–Trinajstić information content (AvgIpc) is 3.42. The van der Waals surface area contributed by atoms with Gasteiger partial charge >= 0.3 is 0 Å². The molecule has 2 aliphatic rings. The van der Waals surface area contributed by atoms with E-state index in [1.165, 1.54) is 11.3 Å². The molecule has 0 saturated heterocycles. The van der Waals surface area contributed by atoms with Crippen LogP contribution in [-0.2, 0) is 5.54 Å². The minimum Gasteiger partial charge on any atom is -0.343 e. The quantitative estimate of drug-likeness (QED) is 0.917. The minimum atomic E-state index is -0.503. The van der Waals surface area contributed by atoms with Crippen molar-refractivity contribution in [3.05, 3.63) is 34.3 Å². The number of nitrogens with zero attached hydrogens (tertiary/aromatic N) is 4. The molecular weight excluding hydrogens is 298 g/mol. The summed E-state index contributed by atoms with van der Waals surface area (Å²) in [6.45, 7) is 0. The first-order valence-electron chi connectivity index (χ1n) is 7.39. The lowest BCUT2D eigenvalue weighted by Gasteiger charge is -2.15. The first-order valence-corrected chi connectivity index (χ1v) is 8.33. The zero-order valence-electron chi connectivity index (χ0n) is 11.9. The minimum absolute atomic E-state index is 0.0749. The summed E-state index contributed by atoms with van der Waals surface area (Å²) in [5.74, 6) is 0.346. The predicted molar refractivity (Wildman–Crippen MR) is 80.1 cm³/mol. The van der Waals surface area contributed by atoms with E-state index >= 15 is 0 Å². The molecule has 1 atom stereocenters. The highest BCUT2D eigenvalue weighted by Crippen LogP contribution is 2.44. The van der Waals surface area contributed by atoms with Crippen molar-refractivity contribution >= 4 is 17.2 Å². The van der Waals surface area contributed by atoms with Crippen LogP contribution >= 0.6 is 11.3 Å². The number of carbonyl (C=O) groups is 1. The second-order valence-corrected chi connectivity index (χ2v) is 6.81. The number of thiophene rings is 1. The lowest BCUT2D eigenvalue weighted by atomic mass is 10.1. The van der Waals surface area contributed by atoms with Gasteiger partial charge in [-0.25, -0.2) is 4.68 Å². The Morgan fingerprint density at radius 1 is 1.55 bits per heavy atom. The fourth-order valence-corrected chi connectivity index (χ4v) is 3.26. The van der Waals surface area contributed by atoms with Crippen LogP contribution in [0.15, 0.2) is 23.0 Å². The van der Waals surface area contributed by atoms with Crippen LogP contribution in [0.2, 0.25) is 0 Å². The van der Waals surface area contributed by atoms with Gasteiger partial charge in [0.15, 0.2) is 5.54 Å². The molecule has 1 amide bonds. The number of nitrogens with one attached hydrogen (secondary N) is 1. The molecule has 0 radical (unpaired) electrons. The van der Waals surface area contributed by atoms with Crippen molar-refractivity contribution in [1.29, 1.82) is 5.26 Å². The number of aromatic nitrogens is 3. The summed E-state index contributed by atoms with van der Waals surface area (Å²) in [4.78, 5) is 12.3. The molecule has 0 unspecified atom stereocenters. The Balaban J connectivity index is 1.55. The van der Waals surface area contributed by atoms with E-state index in [9.17, 15) is 10.1 Å². The highest BCUT2D eigenvalue weighted by atomic mass is 32.1. The second-order valence-electron chi connectivity index (χ2n) is 6.03. The van der Waals surface area contributed by atoms with Gasteiger partial charge < -0.3 is 5.32 Å². The fourth-order valence-electron chi connectivity index (χ4n) is 2.62. The Morgan fingerprint density at radius 2 is 2.36 bits per heavy atom. The highest BCUT2D eigenvalue weighted by molar-refractivity contribution is 7.08. The van der Waals surface area contributed by atoms with Crippen LogP contribution in [-0.4, -0.2) is 20.9 Å². The number of hydrogen-bond donors (Lipinski definition) is 1. The first-order chi connectivity index (χ1) is 10.7. The molecule has 2 heterocycles. The molecule has 0 bridgehead atoms. The monoisotopic (exact) mass is 313 g/mol. The average molecular weight is 313 g/mol. The topological polar surface area (TPSA) is 83.6 Å². The van der Waals surface area contributed by atoms with Crippen molar-refractivity contribution in [3.8, 4) is 6.07 Å². The van der Waals surface area contributed by atoms with E-state index in [-0.39, 0.29) is 11.9 Å². The molecule has 4 rings (SSSR count). The third kappa shape index (κ3) is 2.29. The van der Waals surface area contributed by atoms with Crippen LogP contribution in [0.25, 0.3) is 0 Å². The van der Waals surface area contributed by atoms with E-state index in [0.29, 0.717) is 11.5 Å². The summed E-state index contributed by atoms with van der Waals surface area (Å²) in [7, 11) is 0. The number of nitriles is 1. The molecular formula is C15H15N5OS. The van der Waals surface area contributed by atoms with E-state index in [0.717, 1.165) is 31.4 Å². The number of rotatable bonds is 5. The molecule has 0 aliphatic heterocycles. The van der Waals surface area contributed by atoms with Crippen LogP contribution in [0, 0.1) is 17.2 Å². The maximum atomic E-state index is 12.3. The van der Waals surface area contributed by atoms with E-state index in [2.05, 4.69) is 21.7 Å². The van der Waals surface area contributed by atoms with E-state index < -0.39 is 5.54 Å². The van der Waals surface area contributed by atoms with Gasteiger partial charge in [-0.2, -0.15) is 16.6 Å². The largest absolute Gasteiger partial charge is 0.343 e. The van der Waals surface area contributed by atoms with Gasteiger partial charge in [-0.15, -0.1) is 5.10 Å². The molecule has 112 valence electrons. The van der Waals surface area contributed by atoms with Crippen molar-refractivity contribution in [1.82, 2.24) is 20.3 Å². The van der Waals surface area contributed by atoms with Gasteiger partial charge in [-0.1, -0.05) is 5.21 Å². The maximum absolute atomic E-state index is 12.3. The van der Waals surface area contributed by atoms with Crippen molar-refractivity contribution in [3.63, 3.8) is 0 Å². The summed E-state index contributed by atoms with van der Waals surface area (Å²) < 4.78 is 1.66. The molecule has 2 aromatic heterocycles. The molecule has 7 heteroatoms. The SMILES string of the molecule is N#CC1(n2cc([C@@H](NC(=O)c3ccsc3)C3CC3)nn2)CC1. The standard InChI is InChI=1S/C15H15N5OS/c16-9-15(4-5-15)20-7-12(18-19-20)13(10-1-2-10)17-14(21)11-3-6-22-8-11/h3,6-8,10,13H,1-2,4-5H2,(H,17,21)/t13-/m0/s1. The zero-order chi connectivity index (χ0) is 15.2. The van der Waals surface area contributed by atoms with Gasteiger partial charge in [0, 0.05) is 5.38 Å². The van der Waals surface area contributed by atoms with Crippen molar-refractivity contribution in [2.45, 2.75) is 37.3 Å². The first kappa shape index (κ1) is 13.5. The molecule has 2 fully saturated rings. The zero-order valence-corrected chi connectivity index (χ0v) is 12.7. The fraction of sp³-hybridized carbons (Fsp3) is 0.467. The molecule has 2 aliphatic carbocycles. The lowest BCUT2D eigenvalue weighted by molar-refractivity contribution is 0.0931. The Morgan fingerprint density at radius 3 is 2.95 bits per heavy atom. The lowest BCUT2D eigenvalue weighted by Crippen LogP contribution is -2.30. The molecule has 22 heavy (non-hydrogen) atoms. The molecule has 6 nitrogen and oxygen atoms in total. The van der Waals surface area contributed by atoms with E-state index in [1.54, 1.807) is 4.68 Å². The Bertz CT molecular complexity index is 736. The molecule has 1 N–H and O–H groups in total. The highest BCUT2D eigenvalue weighted by Gasteiger charge is 2.47. The summed E-state index contributed by atoms with van der Waals surface area (Å²) in [6, 6.07) is 4.00. The number of carbonyl (C=O) groups excluding carboxylic acids is 1. The molecule has 0 aromatic carbocycles. The van der Waals surface area contributed by atoms with E-state index in [4.69, 9.17) is 0 Å². The summed E-state index contributed by atoms with van der Waals surface area (Å²) in [5.41, 5.74) is 0.933. The molecule has 2 aromatic rings. The Labute approximate surface area is 131 Å². The van der Waals surface area contributed by atoms with Crippen LogP contribution < -0.4 is 5.32 Å². The van der Waals surface area contributed by atoms with Gasteiger partial charge in [0.2, 0.25) is 0 Å². The van der Waals surface area contributed by atoms with E-state index in [1.807, 2.05) is 23.0 Å². The summed E-state index contributed by atoms with van der Waals surface area (Å²) in [5, 5.41) is 24.4. The smallest absolute Gasteiger partial charge is 0.252 e. The third-order valence-electron chi connectivity index (χ3n) is 4.36. The van der Waals surface area contributed by atoms with Gasteiger partial charge in [-0.3, -0.25) is 4.79 Å². The maximum Gasteiger partial charge on any atom is 0.252 e. The second kappa shape index (κ2) is 4.92. The van der Waals surface area contributed by atoms with Crippen molar-refractivity contribution in [2.75, 3.05) is 0 Å². The normalized spacial score (nSPS) is 20.1. The molecule has 0 spiro atoms. The summed E-state index contributed by atoms with van der Waals surface area (Å²) in [6.07, 6.45) is 5.64. The predicted octanol–water partition coefficient (Wildman–Crippen LogP) is 2.23. The van der Waals surface area contributed by atoms with Crippen LogP contribution in [0.1, 0.15) is 47.8 Å². The van der Waals surface area contributed by atoms with Gasteiger partial charge in [0.05, 0.1) is 23.9 Å². The van der Waals surface area contributed by atoms with Crippen LogP contribution in [0.4, 0.5) is 0 Å². The Hall–Kier alpha value is -2.20. The molecule has 2 saturated carbocycles. The van der Waals surface area contributed by atoms with Gasteiger partial charge in [0.1, 0.15) is 5.69 Å². The Kier molecular flexibility index (Phi) is 3.01. The van der Waals surface area contributed by atoms with Gasteiger partial charge in [0.25, 0.3) is 5.91 Å². The van der Waals surface area contributed by atoms with Gasteiger partial charge in [-0.05, 0) is 43.0 Å². The van der Waals surface area contributed by atoms with Crippen molar-refractivity contribution in [2.24, 2.45) is 5.92 Å². The number of hydrogen-bond acceptors (Lipinski definition) is 5. The number of amides is 1. The third-order valence-corrected chi connectivity index (χ3v) is 5.05.